The lowest BCUT2D eigenvalue weighted by Crippen LogP contribution is -2.56. The summed E-state index contributed by atoms with van der Waals surface area (Å²) >= 11 is 0. The fourth-order valence-corrected chi connectivity index (χ4v) is 4.30. The summed E-state index contributed by atoms with van der Waals surface area (Å²) in [7, 11) is 0. The number of nitro groups is 1. The van der Waals surface area contributed by atoms with Gasteiger partial charge in [0.2, 0.25) is 17.7 Å². The number of nitrogens with zero attached hydrogens (tertiary/aromatic N) is 3. The van der Waals surface area contributed by atoms with Gasteiger partial charge in [-0.2, -0.15) is 0 Å². The number of unbranched alkanes of at least 4 members (excludes halogenated alkanes) is 1. The molecule has 1 saturated heterocycles. The highest BCUT2D eigenvalue weighted by atomic mass is 16.6. The Morgan fingerprint density at radius 1 is 0.949 bits per heavy atom. The third kappa shape index (κ3) is 8.77. The van der Waals surface area contributed by atoms with Gasteiger partial charge in [0.15, 0.2) is 0 Å². The van der Waals surface area contributed by atoms with E-state index in [2.05, 4.69) is 17.2 Å². The van der Waals surface area contributed by atoms with Gasteiger partial charge in [0.05, 0.1) is 11.3 Å². The second-order valence-corrected chi connectivity index (χ2v) is 9.19. The van der Waals surface area contributed by atoms with Crippen LogP contribution >= 0.6 is 0 Å². The molecule has 0 aromatic heterocycles. The molecule has 0 aliphatic carbocycles. The van der Waals surface area contributed by atoms with E-state index in [1.807, 2.05) is 30.3 Å². The Morgan fingerprint density at radius 2 is 1.59 bits per heavy atom. The molecule has 11 nitrogen and oxygen atoms in total. The highest BCUT2D eigenvalue weighted by Crippen LogP contribution is 2.16. The van der Waals surface area contributed by atoms with Crippen LogP contribution in [0.25, 0.3) is 0 Å². The maximum atomic E-state index is 13.4. The van der Waals surface area contributed by atoms with E-state index >= 15 is 0 Å². The summed E-state index contributed by atoms with van der Waals surface area (Å²) in [5.41, 5.74) is 1.09. The monoisotopic (exact) mass is 535 g/mol. The highest BCUT2D eigenvalue weighted by Gasteiger charge is 2.30. The molecule has 0 bridgehead atoms. The molecule has 1 aliphatic heterocycles. The molecule has 1 atom stereocenters. The van der Waals surface area contributed by atoms with Crippen LogP contribution in [0.15, 0.2) is 67.3 Å². The van der Waals surface area contributed by atoms with Gasteiger partial charge in [-0.3, -0.25) is 29.3 Å². The van der Waals surface area contributed by atoms with Crippen molar-refractivity contribution in [3.8, 4) is 0 Å². The van der Waals surface area contributed by atoms with Crippen molar-refractivity contribution in [2.45, 2.75) is 31.7 Å². The van der Waals surface area contributed by atoms with Crippen molar-refractivity contribution in [1.29, 1.82) is 0 Å². The van der Waals surface area contributed by atoms with Gasteiger partial charge in [-0.05, 0) is 43.0 Å². The topological polar surface area (TPSA) is 142 Å². The van der Waals surface area contributed by atoms with Crippen molar-refractivity contribution in [3.63, 3.8) is 0 Å². The molecule has 0 saturated carbocycles. The summed E-state index contributed by atoms with van der Waals surface area (Å²) in [4.78, 5) is 63.9. The number of carbonyl (C=O) groups is 4. The molecule has 0 spiro atoms. The second kappa shape index (κ2) is 14.4. The minimum absolute atomic E-state index is 0.0922. The third-order valence-electron chi connectivity index (χ3n) is 6.45. The predicted molar refractivity (Wildman–Crippen MR) is 145 cm³/mol. The van der Waals surface area contributed by atoms with Gasteiger partial charge in [-0.15, -0.1) is 0 Å². The van der Waals surface area contributed by atoms with Crippen molar-refractivity contribution in [1.82, 2.24) is 20.4 Å². The van der Waals surface area contributed by atoms with E-state index < -0.39 is 11.0 Å². The lowest BCUT2D eigenvalue weighted by Gasteiger charge is -2.36. The van der Waals surface area contributed by atoms with Crippen LogP contribution in [0, 0.1) is 10.1 Å². The van der Waals surface area contributed by atoms with Gasteiger partial charge < -0.3 is 20.4 Å². The fourth-order valence-electron chi connectivity index (χ4n) is 4.30. The summed E-state index contributed by atoms with van der Waals surface area (Å²) in [5, 5.41) is 16.4. The lowest BCUT2D eigenvalue weighted by atomic mass is 10.1. The number of carbonyl (C=O) groups excluding carboxylic acids is 4. The van der Waals surface area contributed by atoms with E-state index in [1.165, 1.54) is 30.3 Å². The quantitative estimate of drug-likeness (QED) is 0.184. The van der Waals surface area contributed by atoms with E-state index in [1.54, 1.807) is 9.80 Å². The van der Waals surface area contributed by atoms with E-state index in [0.29, 0.717) is 57.5 Å². The SMILES string of the molecule is C=CC(=O)NCCCC[C@H](NC(=O)Cc1ccccc1)C(=O)N1CCN(C(=O)c2ccc([N+](=O)[O-])cc2)CC1. The second-order valence-electron chi connectivity index (χ2n) is 9.19. The third-order valence-corrected chi connectivity index (χ3v) is 6.45. The lowest BCUT2D eigenvalue weighted by molar-refractivity contribution is -0.384. The summed E-state index contributed by atoms with van der Waals surface area (Å²) in [6, 6.07) is 14.0. The molecule has 1 fully saturated rings. The zero-order chi connectivity index (χ0) is 28.2. The molecule has 0 radical (unpaired) electrons. The molecular weight excluding hydrogens is 502 g/mol. The smallest absolute Gasteiger partial charge is 0.269 e. The first-order valence-corrected chi connectivity index (χ1v) is 12.8. The van der Waals surface area contributed by atoms with Gasteiger partial charge in [-0.1, -0.05) is 36.9 Å². The minimum atomic E-state index is -0.728. The van der Waals surface area contributed by atoms with Crippen molar-refractivity contribution in [2.75, 3.05) is 32.7 Å². The largest absolute Gasteiger partial charge is 0.353 e. The molecule has 11 heteroatoms. The zero-order valence-corrected chi connectivity index (χ0v) is 21.7. The van der Waals surface area contributed by atoms with Crippen LogP contribution in [0.3, 0.4) is 0 Å². The van der Waals surface area contributed by atoms with Crippen LogP contribution in [0.2, 0.25) is 0 Å². The Balaban J connectivity index is 1.57. The molecule has 4 amide bonds. The standard InChI is InChI=1S/C28H33N5O6/c1-2-25(34)29-15-7-6-10-24(30-26(35)20-21-8-4-3-5-9-21)28(37)32-18-16-31(17-19-32)27(36)22-11-13-23(14-12-22)33(38)39/h2-5,8-9,11-14,24H,1,6-7,10,15-20H2,(H,29,34)(H,30,35)/t24-/m0/s1. The molecule has 1 aliphatic rings. The first-order chi connectivity index (χ1) is 18.8. The summed E-state index contributed by atoms with van der Waals surface area (Å²) in [6.45, 7) is 5.07. The van der Waals surface area contributed by atoms with Gasteiger partial charge in [-0.25, -0.2) is 0 Å². The van der Waals surface area contributed by atoms with Crippen LogP contribution in [0.4, 0.5) is 5.69 Å². The number of nitrogens with one attached hydrogen (secondary N) is 2. The molecule has 2 N–H and O–H groups in total. The van der Waals surface area contributed by atoms with Crippen LogP contribution in [0.5, 0.6) is 0 Å². The van der Waals surface area contributed by atoms with Crippen LogP contribution < -0.4 is 10.6 Å². The number of nitro benzene ring substituents is 1. The Labute approximate surface area is 227 Å². The van der Waals surface area contributed by atoms with Crippen molar-refractivity contribution in [2.24, 2.45) is 0 Å². The number of hydrogen-bond acceptors (Lipinski definition) is 6. The molecule has 39 heavy (non-hydrogen) atoms. The average Bonchev–Trinajstić information content (AvgIpc) is 2.96. The van der Waals surface area contributed by atoms with Gasteiger partial charge >= 0.3 is 0 Å². The van der Waals surface area contributed by atoms with Crippen LogP contribution in [-0.2, 0) is 20.8 Å². The van der Waals surface area contributed by atoms with Gasteiger partial charge in [0, 0.05) is 50.4 Å². The highest BCUT2D eigenvalue weighted by molar-refractivity contribution is 5.95. The maximum absolute atomic E-state index is 13.4. The summed E-state index contributed by atoms with van der Waals surface area (Å²) in [5.74, 6) is -0.994. The molecule has 1 heterocycles. The minimum Gasteiger partial charge on any atom is -0.353 e. The van der Waals surface area contributed by atoms with Gasteiger partial charge in [0.25, 0.3) is 11.6 Å². The Morgan fingerprint density at radius 3 is 2.21 bits per heavy atom. The zero-order valence-electron chi connectivity index (χ0n) is 21.7. The van der Waals surface area contributed by atoms with Crippen LogP contribution in [-0.4, -0.2) is 77.1 Å². The number of piperazine rings is 1. The van der Waals surface area contributed by atoms with Crippen molar-refractivity contribution >= 4 is 29.3 Å². The Kier molecular flexibility index (Phi) is 10.7. The van der Waals surface area contributed by atoms with Crippen LogP contribution in [0.1, 0.15) is 35.2 Å². The molecule has 3 rings (SSSR count). The number of hydrogen-bond donors (Lipinski definition) is 2. The Bertz CT molecular complexity index is 1180. The molecule has 0 unspecified atom stereocenters. The number of rotatable bonds is 12. The van der Waals surface area contributed by atoms with Crippen molar-refractivity contribution in [3.05, 3.63) is 88.5 Å². The normalized spacial score (nSPS) is 13.7. The Hall–Kier alpha value is -4.54. The number of benzene rings is 2. The van der Waals surface area contributed by atoms with E-state index in [-0.39, 0.29) is 35.7 Å². The van der Waals surface area contributed by atoms with Gasteiger partial charge in [0.1, 0.15) is 6.04 Å². The summed E-state index contributed by atoms with van der Waals surface area (Å²) in [6.07, 6.45) is 3.00. The molecular formula is C28H33N5O6. The first-order valence-electron chi connectivity index (χ1n) is 12.8. The van der Waals surface area contributed by atoms with E-state index in [9.17, 15) is 29.3 Å². The maximum Gasteiger partial charge on any atom is 0.269 e. The number of non-ortho nitro benzene ring substituents is 1. The summed E-state index contributed by atoms with van der Waals surface area (Å²) < 4.78 is 0. The van der Waals surface area contributed by atoms with E-state index in [4.69, 9.17) is 0 Å². The number of amides is 4. The predicted octanol–water partition coefficient (Wildman–Crippen LogP) is 2.08. The molecule has 2 aromatic rings. The molecule has 206 valence electrons. The molecule has 2 aromatic carbocycles. The van der Waals surface area contributed by atoms with E-state index in [0.717, 1.165) is 5.56 Å². The average molecular weight is 536 g/mol. The first kappa shape index (κ1) is 29.0. The van der Waals surface area contributed by atoms with Crippen molar-refractivity contribution < 1.29 is 24.1 Å². The fraction of sp³-hybridized carbons (Fsp3) is 0.357.